The van der Waals surface area contributed by atoms with Crippen molar-refractivity contribution in [2.24, 2.45) is 0 Å². The van der Waals surface area contributed by atoms with Gasteiger partial charge in [0.1, 0.15) is 10.8 Å². The Morgan fingerprint density at radius 1 is 1.00 bits per heavy atom. The number of methoxy groups -OCH3 is 3. The maximum Gasteiger partial charge on any atom is 0.203 e. The Morgan fingerprint density at radius 3 is 2.42 bits per heavy atom. The number of pyridine rings is 1. The van der Waals surface area contributed by atoms with Crippen molar-refractivity contribution in [2.75, 3.05) is 26.6 Å². The van der Waals surface area contributed by atoms with Crippen molar-refractivity contribution < 1.29 is 19.0 Å². The normalized spacial score (nSPS) is 10.5. The van der Waals surface area contributed by atoms with Crippen molar-refractivity contribution in [1.29, 1.82) is 0 Å². The Hall–Kier alpha value is -3.91. The van der Waals surface area contributed by atoms with Gasteiger partial charge in [-0.3, -0.25) is 4.79 Å². The van der Waals surface area contributed by atoms with Crippen LogP contribution in [0, 0.1) is 0 Å². The van der Waals surface area contributed by atoms with Crippen LogP contribution in [0.2, 0.25) is 0 Å². The van der Waals surface area contributed by atoms with Gasteiger partial charge in [-0.1, -0.05) is 30.3 Å². The van der Waals surface area contributed by atoms with E-state index in [0.717, 1.165) is 22.4 Å². The number of nitrogens with one attached hydrogen (secondary N) is 1. The van der Waals surface area contributed by atoms with Crippen LogP contribution in [0.4, 0.5) is 5.82 Å². The van der Waals surface area contributed by atoms with Crippen molar-refractivity contribution in [3.05, 3.63) is 71.4 Å². The van der Waals surface area contributed by atoms with Crippen LogP contribution < -0.4 is 19.5 Å². The van der Waals surface area contributed by atoms with Crippen molar-refractivity contribution in [2.45, 2.75) is 6.54 Å². The summed E-state index contributed by atoms with van der Waals surface area (Å²) in [6.45, 7) is 0.559. The van der Waals surface area contributed by atoms with Crippen LogP contribution in [-0.2, 0) is 6.54 Å². The van der Waals surface area contributed by atoms with E-state index in [1.54, 1.807) is 18.5 Å². The van der Waals surface area contributed by atoms with Gasteiger partial charge in [-0.2, -0.15) is 0 Å². The lowest BCUT2D eigenvalue weighted by Gasteiger charge is -2.20. The van der Waals surface area contributed by atoms with Crippen molar-refractivity contribution in [1.82, 2.24) is 9.97 Å². The second kappa shape index (κ2) is 10.1. The molecule has 0 spiro atoms. The summed E-state index contributed by atoms with van der Waals surface area (Å²) in [6, 6.07) is 13.6. The van der Waals surface area contributed by atoms with Crippen molar-refractivity contribution in [3.63, 3.8) is 0 Å². The summed E-state index contributed by atoms with van der Waals surface area (Å²) in [5.41, 5.74) is 3.58. The molecule has 1 N–H and O–H groups in total. The molecule has 2 heterocycles. The number of nitrogens with zero attached hydrogens (tertiary/aromatic N) is 2. The standard InChI is InChI=1S/C25H23N3O4S/c1-30-20-12-18(15-29)21(23(32-3)22(20)31-2)19-11-17(25-26-9-10-33-25)14-28-24(19)27-13-16-7-5-4-6-8-16/h4-12,14-15H,13H2,1-3H3,(H,27,28). The molecule has 4 rings (SSSR count). The average molecular weight is 462 g/mol. The molecule has 0 fully saturated rings. The molecule has 0 radical (unpaired) electrons. The first-order chi connectivity index (χ1) is 16.2. The fraction of sp³-hybridized carbons (Fsp3) is 0.160. The van der Waals surface area contributed by atoms with Gasteiger partial charge in [-0.05, 0) is 17.7 Å². The molecular weight excluding hydrogens is 438 g/mol. The highest BCUT2D eigenvalue weighted by atomic mass is 32.1. The first kappa shape index (κ1) is 22.3. The lowest BCUT2D eigenvalue weighted by atomic mass is 9.97. The number of hydrogen-bond acceptors (Lipinski definition) is 8. The molecule has 0 amide bonds. The zero-order chi connectivity index (χ0) is 23.2. The van der Waals surface area contributed by atoms with Crippen molar-refractivity contribution >= 4 is 23.4 Å². The smallest absolute Gasteiger partial charge is 0.203 e. The van der Waals surface area contributed by atoms with E-state index in [2.05, 4.69) is 15.3 Å². The maximum atomic E-state index is 12.1. The summed E-state index contributed by atoms with van der Waals surface area (Å²) < 4.78 is 16.7. The van der Waals surface area contributed by atoms with Crippen LogP contribution in [0.5, 0.6) is 17.2 Å². The highest BCUT2D eigenvalue weighted by Crippen LogP contribution is 2.48. The van der Waals surface area contributed by atoms with E-state index in [9.17, 15) is 4.79 Å². The molecule has 0 bridgehead atoms. The topological polar surface area (TPSA) is 82.6 Å². The minimum absolute atomic E-state index is 0.389. The number of carbonyl (C=O) groups excluding carboxylic acids is 1. The Bertz CT molecular complexity index is 1240. The molecule has 0 aliphatic heterocycles. The lowest BCUT2D eigenvalue weighted by Crippen LogP contribution is -2.06. The largest absolute Gasteiger partial charge is 0.493 e. The van der Waals surface area contributed by atoms with Gasteiger partial charge in [0.25, 0.3) is 0 Å². The third kappa shape index (κ3) is 4.51. The van der Waals surface area contributed by atoms with Gasteiger partial charge in [0.2, 0.25) is 5.75 Å². The highest BCUT2D eigenvalue weighted by molar-refractivity contribution is 7.13. The Kier molecular flexibility index (Phi) is 6.85. The first-order valence-electron chi connectivity index (χ1n) is 10.2. The number of ether oxygens (including phenoxy) is 3. The molecule has 2 aromatic carbocycles. The summed E-state index contributed by atoms with van der Waals surface area (Å²) in [4.78, 5) is 21.2. The third-order valence-electron chi connectivity index (χ3n) is 5.13. The van der Waals surface area contributed by atoms with Gasteiger partial charge in [-0.15, -0.1) is 11.3 Å². The zero-order valence-corrected chi connectivity index (χ0v) is 19.3. The van der Waals surface area contributed by atoms with Gasteiger partial charge >= 0.3 is 0 Å². The predicted octanol–water partition coefficient (Wildman–Crippen LogP) is 5.32. The van der Waals surface area contributed by atoms with E-state index in [1.807, 2.05) is 41.8 Å². The molecule has 7 nitrogen and oxygen atoms in total. The second-order valence-electron chi connectivity index (χ2n) is 7.02. The summed E-state index contributed by atoms with van der Waals surface area (Å²) >= 11 is 1.51. The number of rotatable bonds is 9. The van der Waals surface area contributed by atoms with Crippen LogP contribution in [0.15, 0.2) is 60.2 Å². The first-order valence-corrected chi connectivity index (χ1v) is 11.0. The number of benzene rings is 2. The number of carbonyl (C=O) groups is 1. The van der Waals surface area contributed by atoms with Crippen LogP contribution >= 0.6 is 11.3 Å². The lowest BCUT2D eigenvalue weighted by molar-refractivity contribution is 0.112. The number of anilines is 1. The molecule has 0 atom stereocenters. The molecule has 4 aromatic rings. The minimum atomic E-state index is 0.389. The molecular formula is C25H23N3O4S. The Morgan fingerprint density at radius 2 is 1.79 bits per heavy atom. The van der Waals surface area contributed by atoms with E-state index in [4.69, 9.17) is 14.2 Å². The molecule has 0 saturated heterocycles. The third-order valence-corrected chi connectivity index (χ3v) is 5.95. The van der Waals surface area contributed by atoms with E-state index in [1.165, 1.54) is 32.7 Å². The Balaban J connectivity index is 1.92. The SMILES string of the molecule is COc1cc(C=O)c(-c2cc(-c3nccs3)cnc2NCc2ccccc2)c(OC)c1OC. The fourth-order valence-corrected chi connectivity index (χ4v) is 4.23. The summed E-state index contributed by atoms with van der Waals surface area (Å²) in [5, 5.41) is 6.13. The Labute approximate surface area is 196 Å². The average Bonchev–Trinajstić information content (AvgIpc) is 3.41. The fourth-order valence-electron chi connectivity index (χ4n) is 3.61. The number of hydrogen-bond donors (Lipinski definition) is 1. The van der Waals surface area contributed by atoms with Gasteiger partial charge in [0.15, 0.2) is 17.8 Å². The highest BCUT2D eigenvalue weighted by Gasteiger charge is 2.24. The predicted molar refractivity (Wildman–Crippen MR) is 130 cm³/mol. The van der Waals surface area contributed by atoms with E-state index < -0.39 is 0 Å². The van der Waals surface area contributed by atoms with E-state index in [0.29, 0.717) is 46.3 Å². The summed E-state index contributed by atoms with van der Waals surface area (Å²) in [7, 11) is 4.58. The van der Waals surface area contributed by atoms with Crippen LogP contribution in [0.3, 0.4) is 0 Å². The molecule has 0 aliphatic rings. The van der Waals surface area contributed by atoms with Gasteiger partial charge in [0.05, 0.1) is 21.3 Å². The van der Waals surface area contributed by atoms with Gasteiger partial charge in [0, 0.05) is 46.6 Å². The van der Waals surface area contributed by atoms with Crippen LogP contribution in [0.1, 0.15) is 15.9 Å². The maximum absolute atomic E-state index is 12.1. The monoisotopic (exact) mass is 461 g/mol. The van der Waals surface area contributed by atoms with Gasteiger partial charge < -0.3 is 19.5 Å². The molecule has 0 saturated carbocycles. The van der Waals surface area contributed by atoms with E-state index in [-0.39, 0.29) is 0 Å². The van der Waals surface area contributed by atoms with Crippen LogP contribution in [0.25, 0.3) is 21.7 Å². The summed E-state index contributed by atoms with van der Waals surface area (Å²) in [6.07, 6.45) is 4.29. The number of aromatic nitrogens is 2. The molecule has 168 valence electrons. The quantitative estimate of drug-likeness (QED) is 0.338. The number of thiazole rings is 1. The second-order valence-corrected chi connectivity index (χ2v) is 7.92. The zero-order valence-electron chi connectivity index (χ0n) is 18.5. The minimum Gasteiger partial charge on any atom is -0.493 e. The van der Waals surface area contributed by atoms with E-state index >= 15 is 0 Å². The molecule has 0 aliphatic carbocycles. The van der Waals surface area contributed by atoms with Crippen molar-refractivity contribution in [3.8, 4) is 38.9 Å². The summed E-state index contributed by atoms with van der Waals surface area (Å²) in [5.74, 6) is 1.80. The number of aldehydes is 1. The van der Waals surface area contributed by atoms with Gasteiger partial charge in [-0.25, -0.2) is 9.97 Å². The molecule has 33 heavy (non-hydrogen) atoms. The van der Waals surface area contributed by atoms with Crippen LogP contribution in [-0.4, -0.2) is 37.6 Å². The molecule has 0 unspecified atom stereocenters. The molecule has 8 heteroatoms. The molecule has 2 aromatic heterocycles.